The molecule has 2 unspecified atom stereocenters. The second-order valence-corrected chi connectivity index (χ2v) is 13.9. The maximum Gasteiger partial charge on any atom is 0.407 e. The number of nitrogens with one attached hydrogen (secondary N) is 5. The SMILES string of the molecule is CCCCCCCCCCCC12CCC1C(=O)NCC(=O)N[C@@H](CCCCNC(=O)OCc1ccccc1)C(=O)N[C@@H](C(C)C)C(=O)N2. The summed E-state index contributed by atoms with van der Waals surface area (Å²) in [7, 11) is 0. The topological polar surface area (TPSA) is 155 Å². The highest BCUT2D eigenvalue weighted by Crippen LogP contribution is 2.43. The molecule has 1 aliphatic carbocycles. The molecular weight excluding hydrogens is 610 g/mol. The quantitative estimate of drug-likeness (QED) is 0.138. The van der Waals surface area contributed by atoms with Gasteiger partial charge in [0.25, 0.3) is 0 Å². The van der Waals surface area contributed by atoms with Gasteiger partial charge in [0.2, 0.25) is 23.6 Å². The number of fused-ring (bicyclic) bond motifs is 1. The molecule has 268 valence electrons. The molecule has 48 heavy (non-hydrogen) atoms. The van der Waals surface area contributed by atoms with Crippen LogP contribution in [-0.2, 0) is 30.5 Å². The van der Waals surface area contributed by atoms with Crippen LogP contribution in [0.2, 0.25) is 0 Å². The molecule has 1 heterocycles. The Kier molecular flexibility index (Phi) is 16.7. The van der Waals surface area contributed by atoms with Crippen LogP contribution >= 0.6 is 0 Å². The first kappa shape index (κ1) is 38.8. The molecule has 11 heteroatoms. The second-order valence-electron chi connectivity index (χ2n) is 13.9. The second kappa shape index (κ2) is 20.7. The van der Waals surface area contributed by atoms with E-state index in [2.05, 4.69) is 33.5 Å². The fourth-order valence-corrected chi connectivity index (χ4v) is 6.64. The number of unbranched alkanes of at least 4 members (excludes halogenated alkanes) is 9. The van der Waals surface area contributed by atoms with E-state index >= 15 is 0 Å². The third-order valence-electron chi connectivity index (χ3n) is 9.68. The molecule has 5 N–H and O–H groups in total. The molecule has 1 aliphatic heterocycles. The molecule has 11 nitrogen and oxygen atoms in total. The summed E-state index contributed by atoms with van der Waals surface area (Å²) in [5.41, 5.74) is 0.207. The predicted molar refractivity (Wildman–Crippen MR) is 186 cm³/mol. The van der Waals surface area contributed by atoms with Gasteiger partial charge in [-0.15, -0.1) is 0 Å². The van der Waals surface area contributed by atoms with E-state index in [0.29, 0.717) is 45.1 Å². The van der Waals surface area contributed by atoms with Gasteiger partial charge in [-0.05, 0) is 50.0 Å². The maximum atomic E-state index is 13.7. The Morgan fingerprint density at radius 2 is 1.56 bits per heavy atom. The lowest BCUT2D eigenvalue weighted by molar-refractivity contribution is -0.139. The van der Waals surface area contributed by atoms with Gasteiger partial charge in [0.1, 0.15) is 18.7 Å². The Balaban J connectivity index is 1.55. The highest BCUT2D eigenvalue weighted by molar-refractivity contribution is 5.95. The average molecular weight is 670 g/mol. The van der Waals surface area contributed by atoms with Gasteiger partial charge in [-0.25, -0.2) is 4.79 Å². The zero-order chi connectivity index (χ0) is 34.8. The third kappa shape index (κ3) is 12.8. The lowest BCUT2D eigenvalue weighted by Crippen LogP contribution is -2.67. The Labute approximate surface area is 286 Å². The minimum atomic E-state index is -0.901. The zero-order valence-corrected chi connectivity index (χ0v) is 29.4. The van der Waals surface area contributed by atoms with Gasteiger partial charge in [0.15, 0.2) is 0 Å². The van der Waals surface area contributed by atoms with Crippen LogP contribution in [-0.4, -0.2) is 60.4 Å². The first-order valence-corrected chi connectivity index (χ1v) is 18.3. The van der Waals surface area contributed by atoms with Crippen LogP contribution in [0.25, 0.3) is 0 Å². The van der Waals surface area contributed by atoms with Gasteiger partial charge < -0.3 is 31.3 Å². The molecule has 0 spiro atoms. The minimum Gasteiger partial charge on any atom is -0.445 e. The molecule has 1 aromatic rings. The van der Waals surface area contributed by atoms with E-state index in [0.717, 1.165) is 24.8 Å². The zero-order valence-electron chi connectivity index (χ0n) is 29.4. The summed E-state index contributed by atoms with van der Waals surface area (Å²) in [5, 5.41) is 14.3. The van der Waals surface area contributed by atoms with Crippen LogP contribution < -0.4 is 26.6 Å². The van der Waals surface area contributed by atoms with Gasteiger partial charge in [0, 0.05) is 6.54 Å². The van der Waals surface area contributed by atoms with Gasteiger partial charge in [-0.2, -0.15) is 0 Å². The van der Waals surface area contributed by atoms with Gasteiger partial charge >= 0.3 is 6.09 Å². The number of carbonyl (C=O) groups is 5. The van der Waals surface area contributed by atoms with Crippen LogP contribution in [0.3, 0.4) is 0 Å². The van der Waals surface area contributed by atoms with Crippen molar-refractivity contribution in [3.63, 3.8) is 0 Å². The lowest BCUT2D eigenvalue weighted by Gasteiger charge is -2.50. The van der Waals surface area contributed by atoms with Crippen molar-refractivity contribution in [2.24, 2.45) is 11.8 Å². The summed E-state index contributed by atoms with van der Waals surface area (Å²) < 4.78 is 5.23. The Bertz CT molecular complexity index is 1180. The third-order valence-corrected chi connectivity index (χ3v) is 9.68. The molecule has 0 bridgehead atoms. The lowest BCUT2D eigenvalue weighted by atomic mass is 9.63. The van der Waals surface area contributed by atoms with Crippen LogP contribution in [0.4, 0.5) is 4.79 Å². The van der Waals surface area contributed by atoms with Gasteiger partial charge in [0.05, 0.1) is 18.0 Å². The van der Waals surface area contributed by atoms with E-state index in [1.807, 2.05) is 44.2 Å². The van der Waals surface area contributed by atoms with E-state index in [9.17, 15) is 24.0 Å². The van der Waals surface area contributed by atoms with E-state index < -0.39 is 41.4 Å². The number of amides is 5. The molecule has 3 rings (SSSR count). The normalized spacial score (nSPS) is 23.2. The molecule has 2 fully saturated rings. The van der Waals surface area contributed by atoms with Gasteiger partial charge in [-0.3, -0.25) is 19.2 Å². The summed E-state index contributed by atoms with van der Waals surface area (Å²) >= 11 is 0. The van der Waals surface area contributed by atoms with E-state index in [-0.39, 0.29) is 30.9 Å². The van der Waals surface area contributed by atoms with Crippen molar-refractivity contribution in [1.29, 1.82) is 0 Å². The van der Waals surface area contributed by atoms with Crippen molar-refractivity contribution < 1.29 is 28.7 Å². The molecule has 0 aromatic heterocycles. The van der Waals surface area contributed by atoms with E-state index in [1.165, 1.54) is 38.5 Å². The molecule has 5 amide bonds. The van der Waals surface area contributed by atoms with Crippen molar-refractivity contribution in [2.75, 3.05) is 13.1 Å². The number of benzene rings is 1. The summed E-state index contributed by atoms with van der Waals surface area (Å²) in [4.78, 5) is 65.5. The summed E-state index contributed by atoms with van der Waals surface area (Å²) in [6.45, 7) is 6.23. The first-order valence-electron chi connectivity index (χ1n) is 18.3. The van der Waals surface area contributed by atoms with Crippen molar-refractivity contribution in [3.8, 4) is 0 Å². The van der Waals surface area contributed by atoms with E-state index in [4.69, 9.17) is 4.74 Å². The largest absolute Gasteiger partial charge is 0.445 e. The Morgan fingerprint density at radius 1 is 0.875 bits per heavy atom. The van der Waals surface area contributed by atoms with Crippen molar-refractivity contribution >= 4 is 29.7 Å². The highest BCUT2D eigenvalue weighted by Gasteiger charge is 2.52. The van der Waals surface area contributed by atoms with Crippen molar-refractivity contribution in [2.45, 2.75) is 141 Å². The van der Waals surface area contributed by atoms with Crippen LogP contribution in [0.1, 0.15) is 123 Å². The monoisotopic (exact) mass is 669 g/mol. The minimum absolute atomic E-state index is 0.170. The summed E-state index contributed by atoms with van der Waals surface area (Å²) in [6.07, 6.45) is 13.5. The fraction of sp³-hybridized carbons (Fsp3) is 0.703. The number of carbonyl (C=O) groups excluding carboxylic acids is 5. The van der Waals surface area contributed by atoms with Crippen LogP contribution in [0.5, 0.6) is 0 Å². The number of hydrogen-bond acceptors (Lipinski definition) is 6. The van der Waals surface area contributed by atoms with Crippen LogP contribution in [0, 0.1) is 11.8 Å². The van der Waals surface area contributed by atoms with Gasteiger partial charge in [-0.1, -0.05) is 109 Å². The predicted octanol–water partition coefficient (Wildman–Crippen LogP) is 5.02. The number of alkyl carbamates (subject to hydrolysis) is 1. The van der Waals surface area contributed by atoms with Crippen molar-refractivity contribution in [3.05, 3.63) is 35.9 Å². The summed E-state index contributed by atoms with van der Waals surface area (Å²) in [6, 6.07) is 7.67. The molecule has 1 aromatic carbocycles. The Morgan fingerprint density at radius 3 is 2.21 bits per heavy atom. The van der Waals surface area contributed by atoms with Crippen molar-refractivity contribution in [1.82, 2.24) is 26.6 Å². The fourth-order valence-electron chi connectivity index (χ4n) is 6.64. The average Bonchev–Trinajstić information content (AvgIpc) is 3.06. The molecule has 2 aliphatic rings. The molecule has 0 radical (unpaired) electrons. The van der Waals surface area contributed by atoms with E-state index in [1.54, 1.807) is 0 Å². The molecule has 4 atom stereocenters. The number of rotatable bonds is 18. The molecular formula is C37H59N5O6. The number of ether oxygens (including phenoxy) is 1. The summed E-state index contributed by atoms with van der Waals surface area (Å²) in [5.74, 6) is -2.08. The highest BCUT2D eigenvalue weighted by atomic mass is 16.5. The standard InChI is InChI=1S/C37H59N5O6/c1-4-5-6-7-8-9-10-11-16-22-37-23-21-29(37)33(44)39-25-31(43)40-30(34(45)41-32(27(2)3)35(46)42-37)20-15-17-24-38-36(47)48-26-28-18-13-12-14-19-28/h12-14,18-19,27,29-30,32H,4-11,15-17,20-26H2,1-3H3,(H,38,47)(H,39,44)(H,40,43)(H,41,45)(H,42,46)/t29?,30-,32-,37?/m0/s1. The maximum absolute atomic E-state index is 13.7. The first-order chi connectivity index (χ1) is 23.1. The Hall–Kier alpha value is -3.63. The molecule has 1 saturated carbocycles. The smallest absolute Gasteiger partial charge is 0.407 e. The molecule has 1 saturated heterocycles. The number of hydrogen-bond donors (Lipinski definition) is 5. The van der Waals surface area contributed by atoms with Crippen LogP contribution in [0.15, 0.2) is 30.3 Å².